The molecule has 0 aliphatic carbocycles. The number of amides is 1. The fourth-order valence-corrected chi connectivity index (χ4v) is 2.06. The first-order valence-corrected chi connectivity index (χ1v) is 4.72. The lowest BCUT2D eigenvalue weighted by Crippen LogP contribution is -2.60. The van der Waals surface area contributed by atoms with E-state index in [1.54, 1.807) is 0 Å². The van der Waals surface area contributed by atoms with Crippen LogP contribution in [0.3, 0.4) is 0 Å². The summed E-state index contributed by atoms with van der Waals surface area (Å²) in [4.78, 5) is 13.1. The number of nitrogens with two attached hydrogens (primary N) is 1. The van der Waals surface area contributed by atoms with Crippen molar-refractivity contribution in [2.24, 2.45) is 11.7 Å². The number of likely N-dealkylation sites (N-methyl/N-ethyl adjacent to an activating group) is 1. The van der Waals surface area contributed by atoms with Gasteiger partial charge in [0.2, 0.25) is 5.91 Å². The number of carbonyl (C=O) groups is 1. The number of nitrogens with one attached hydrogen (secondary N) is 1. The molecule has 13 heavy (non-hydrogen) atoms. The van der Waals surface area contributed by atoms with Crippen LogP contribution in [0.2, 0.25) is 0 Å². The van der Waals surface area contributed by atoms with E-state index in [2.05, 4.69) is 24.2 Å². The Morgan fingerprint density at radius 1 is 1.54 bits per heavy atom. The first kappa shape index (κ1) is 10.5. The van der Waals surface area contributed by atoms with Gasteiger partial charge in [-0.2, -0.15) is 0 Å². The zero-order valence-corrected chi connectivity index (χ0v) is 8.58. The van der Waals surface area contributed by atoms with Crippen LogP contribution in [0.1, 0.15) is 13.8 Å². The molecule has 0 aromatic heterocycles. The molecule has 76 valence electrons. The van der Waals surface area contributed by atoms with Gasteiger partial charge in [0.05, 0.1) is 0 Å². The topological polar surface area (TPSA) is 58.4 Å². The fraction of sp³-hybridized carbons (Fsp3) is 0.889. The first-order valence-electron chi connectivity index (χ1n) is 4.72. The molecule has 3 N–H and O–H groups in total. The van der Waals surface area contributed by atoms with Gasteiger partial charge >= 0.3 is 0 Å². The average Bonchev–Trinajstić information content (AvgIpc) is 1.96. The normalized spacial score (nSPS) is 35.8. The summed E-state index contributed by atoms with van der Waals surface area (Å²) in [6.45, 7) is 5.52. The van der Waals surface area contributed by atoms with Crippen LogP contribution in [0.5, 0.6) is 0 Å². The van der Waals surface area contributed by atoms with E-state index in [4.69, 9.17) is 5.73 Å². The summed E-state index contributed by atoms with van der Waals surface area (Å²) < 4.78 is 0. The number of likely N-dealkylation sites (tertiary alicyclic amines) is 1. The average molecular weight is 185 g/mol. The maximum absolute atomic E-state index is 10.9. The number of rotatable bonds is 1. The molecule has 1 aliphatic rings. The third kappa shape index (κ3) is 2.67. The third-order valence-corrected chi connectivity index (χ3v) is 2.57. The van der Waals surface area contributed by atoms with Crippen molar-refractivity contribution in [3.8, 4) is 0 Å². The Labute approximate surface area is 79.5 Å². The number of hydrogen-bond donors (Lipinski definition) is 2. The molecular weight excluding hydrogens is 166 g/mol. The van der Waals surface area contributed by atoms with Gasteiger partial charge in [-0.1, -0.05) is 6.92 Å². The quantitative estimate of drug-likeness (QED) is 0.573. The highest BCUT2D eigenvalue weighted by molar-refractivity contribution is 5.73. The molecule has 0 aromatic rings. The molecule has 4 heteroatoms. The van der Waals surface area contributed by atoms with E-state index in [1.165, 1.54) is 6.92 Å². The monoisotopic (exact) mass is 185 g/mol. The van der Waals surface area contributed by atoms with E-state index >= 15 is 0 Å². The Morgan fingerprint density at radius 2 is 2.15 bits per heavy atom. The largest absolute Gasteiger partial charge is 0.352 e. The molecule has 0 saturated carbocycles. The molecule has 0 spiro atoms. The van der Waals surface area contributed by atoms with E-state index in [0.717, 1.165) is 13.1 Å². The van der Waals surface area contributed by atoms with E-state index in [1.807, 2.05) is 0 Å². The standard InChI is InChI=1S/C9H19N3O/c1-6-4-12(3)5-8(10)9(6)11-7(2)13/h6,8-9H,4-5,10H2,1-3H3,(H,11,13). The van der Waals surface area contributed by atoms with Crippen molar-refractivity contribution >= 4 is 5.91 Å². The molecule has 3 unspecified atom stereocenters. The Bertz CT molecular complexity index is 183. The molecule has 1 amide bonds. The van der Waals surface area contributed by atoms with Crippen molar-refractivity contribution in [1.29, 1.82) is 0 Å². The maximum Gasteiger partial charge on any atom is 0.217 e. The maximum atomic E-state index is 10.9. The van der Waals surface area contributed by atoms with Gasteiger partial charge < -0.3 is 16.0 Å². The first-order chi connectivity index (χ1) is 6.00. The van der Waals surface area contributed by atoms with Crippen molar-refractivity contribution in [3.05, 3.63) is 0 Å². The molecule has 1 rings (SSSR count). The lowest BCUT2D eigenvalue weighted by molar-refractivity contribution is -0.120. The molecule has 1 fully saturated rings. The highest BCUT2D eigenvalue weighted by Crippen LogP contribution is 2.14. The molecule has 1 aliphatic heterocycles. The summed E-state index contributed by atoms with van der Waals surface area (Å²) in [6, 6.07) is 0.186. The van der Waals surface area contributed by atoms with Gasteiger partial charge in [-0.05, 0) is 13.0 Å². The summed E-state index contributed by atoms with van der Waals surface area (Å²) in [5.41, 5.74) is 5.95. The van der Waals surface area contributed by atoms with Crippen LogP contribution in [0.15, 0.2) is 0 Å². The van der Waals surface area contributed by atoms with Crippen LogP contribution >= 0.6 is 0 Å². The van der Waals surface area contributed by atoms with Gasteiger partial charge in [0.15, 0.2) is 0 Å². The second kappa shape index (κ2) is 4.07. The minimum absolute atomic E-state index is 0.0110. The summed E-state index contributed by atoms with van der Waals surface area (Å²) >= 11 is 0. The van der Waals surface area contributed by atoms with Crippen LogP contribution in [0, 0.1) is 5.92 Å². The van der Waals surface area contributed by atoms with Gasteiger partial charge in [-0.3, -0.25) is 4.79 Å². The molecule has 0 radical (unpaired) electrons. The van der Waals surface area contributed by atoms with Crippen molar-refractivity contribution in [2.45, 2.75) is 25.9 Å². The highest BCUT2D eigenvalue weighted by atomic mass is 16.1. The van der Waals surface area contributed by atoms with E-state index in [0.29, 0.717) is 5.92 Å². The molecule has 1 heterocycles. The molecular formula is C9H19N3O. The minimum atomic E-state index is 0.0110. The van der Waals surface area contributed by atoms with Gasteiger partial charge in [-0.25, -0.2) is 0 Å². The summed E-state index contributed by atoms with van der Waals surface area (Å²) in [6.07, 6.45) is 0. The zero-order chi connectivity index (χ0) is 10.0. The van der Waals surface area contributed by atoms with Crippen LogP contribution in [0.4, 0.5) is 0 Å². The van der Waals surface area contributed by atoms with Gasteiger partial charge in [-0.15, -0.1) is 0 Å². The van der Waals surface area contributed by atoms with Crippen LogP contribution in [-0.2, 0) is 4.79 Å². The van der Waals surface area contributed by atoms with Crippen molar-refractivity contribution in [3.63, 3.8) is 0 Å². The van der Waals surface area contributed by atoms with Crippen LogP contribution in [0.25, 0.3) is 0 Å². The second-order valence-electron chi connectivity index (χ2n) is 4.09. The Kier molecular flexibility index (Phi) is 3.27. The van der Waals surface area contributed by atoms with Crippen molar-refractivity contribution in [1.82, 2.24) is 10.2 Å². The molecule has 0 aromatic carbocycles. The second-order valence-corrected chi connectivity index (χ2v) is 4.09. The predicted octanol–water partition coefficient (Wildman–Crippen LogP) is -0.600. The predicted molar refractivity (Wildman–Crippen MR) is 52.2 cm³/mol. The number of hydrogen-bond acceptors (Lipinski definition) is 3. The number of nitrogens with zero attached hydrogens (tertiary/aromatic N) is 1. The van der Waals surface area contributed by atoms with Gasteiger partial charge in [0.1, 0.15) is 0 Å². The molecule has 0 bridgehead atoms. The van der Waals surface area contributed by atoms with Crippen LogP contribution < -0.4 is 11.1 Å². The SMILES string of the molecule is CC(=O)NC1C(C)CN(C)CC1N. The number of piperidine rings is 1. The summed E-state index contributed by atoms with van der Waals surface area (Å²) in [7, 11) is 2.06. The molecule has 1 saturated heterocycles. The Hall–Kier alpha value is -0.610. The van der Waals surface area contributed by atoms with E-state index < -0.39 is 0 Å². The Morgan fingerprint density at radius 3 is 2.62 bits per heavy atom. The minimum Gasteiger partial charge on any atom is -0.352 e. The Balaban J connectivity index is 2.56. The smallest absolute Gasteiger partial charge is 0.217 e. The van der Waals surface area contributed by atoms with Crippen molar-refractivity contribution in [2.75, 3.05) is 20.1 Å². The van der Waals surface area contributed by atoms with Crippen LogP contribution in [-0.4, -0.2) is 43.0 Å². The van der Waals surface area contributed by atoms with E-state index in [9.17, 15) is 4.79 Å². The lowest BCUT2D eigenvalue weighted by Gasteiger charge is -2.39. The van der Waals surface area contributed by atoms with E-state index in [-0.39, 0.29) is 18.0 Å². The molecule has 3 atom stereocenters. The third-order valence-electron chi connectivity index (χ3n) is 2.57. The fourth-order valence-electron chi connectivity index (χ4n) is 2.06. The summed E-state index contributed by atoms with van der Waals surface area (Å²) in [5.74, 6) is 0.439. The zero-order valence-electron chi connectivity index (χ0n) is 8.58. The number of carbonyl (C=O) groups excluding carboxylic acids is 1. The summed E-state index contributed by atoms with van der Waals surface area (Å²) in [5, 5.41) is 2.91. The van der Waals surface area contributed by atoms with Crippen molar-refractivity contribution < 1.29 is 4.79 Å². The van der Waals surface area contributed by atoms with Gasteiger partial charge in [0.25, 0.3) is 0 Å². The van der Waals surface area contributed by atoms with Gasteiger partial charge in [0, 0.05) is 32.1 Å². The highest BCUT2D eigenvalue weighted by Gasteiger charge is 2.30. The molecule has 4 nitrogen and oxygen atoms in total. The lowest BCUT2D eigenvalue weighted by atomic mass is 9.90.